The lowest BCUT2D eigenvalue weighted by atomic mass is 9.81. The van der Waals surface area contributed by atoms with Crippen LogP contribution in [0.3, 0.4) is 0 Å². The molecule has 11 nitrogen and oxygen atoms in total. The third-order valence-corrected chi connectivity index (χ3v) is 9.70. The number of rotatable bonds is 9. The molecule has 0 saturated carbocycles. The normalized spacial score (nSPS) is 37.7. The average Bonchev–Trinajstić information content (AvgIpc) is 3.07. The summed E-state index contributed by atoms with van der Waals surface area (Å²) < 4.78 is 57.2. The van der Waals surface area contributed by atoms with Gasteiger partial charge in [-0.05, 0) is 24.0 Å². The lowest BCUT2D eigenvalue weighted by molar-refractivity contribution is -0.351. The molecule has 5 heterocycles. The molecule has 2 aromatic carbocycles. The monoisotopic (exact) mass is 652 g/mol. The maximum atomic E-state index is 12.5. The van der Waals surface area contributed by atoms with E-state index in [0.717, 1.165) is 24.0 Å². The van der Waals surface area contributed by atoms with E-state index in [-0.39, 0.29) is 24.9 Å². The molecule has 5 saturated heterocycles. The van der Waals surface area contributed by atoms with E-state index >= 15 is 0 Å². The minimum Gasteiger partial charge on any atom is -0.457 e. The second-order valence-corrected chi connectivity index (χ2v) is 13.1. The fraction of sp³-hybridized carbons (Fsp3) is 0.611. The van der Waals surface area contributed by atoms with Gasteiger partial charge >= 0.3 is 11.9 Å². The number of benzene rings is 2. The zero-order valence-corrected chi connectivity index (χ0v) is 26.8. The molecule has 0 radical (unpaired) electrons. The zero-order valence-electron chi connectivity index (χ0n) is 26.8. The van der Waals surface area contributed by atoms with Crippen molar-refractivity contribution in [2.45, 2.75) is 126 Å². The van der Waals surface area contributed by atoms with Gasteiger partial charge < -0.3 is 42.6 Å². The largest absolute Gasteiger partial charge is 0.457 e. The Labute approximate surface area is 275 Å². The third-order valence-electron chi connectivity index (χ3n) is 9.70. The smallest absolute Gasteiger partial charge is 0.303 e. The predicted molar refractivity (Wildman–Crippen MR) is 165 cm³/mol. The van der Waals surface area contributed by atoms with Gasteiger partial charge in [-0.3, -0.25) is 9.59 Å². The molecule has 0 spiro atoms. The van der Waals surface area contributed by atoms with Crippen LogP contribution >= 0.6 is 0 Å². The highest BCUT2D eigenvalue weighted by Gasteiger charge is 2.61. The molecule has 5 aliphatic heterocycles. The molecule has 5 fully saturated rings. The van der Waals surface area contributed by atoms with Gasteiger partial charge in [-0.15, -0.1) is 0 Å². The van der Waals surface area contributed by atoms with E-state index in [1.165, 1.54) is 13.8 Å². The second-order valence-electron chi connectivity index (χ2n) is 13.1. The summed E-state index contributed by atoms with van der Waals surface area (Å²) in [6.45, 7) is 4.42. The summed E-state index contributed by atoms with van der Waals surface area (Å²) in [5, 5.41) is 0. The highest BCUT2D eigenvalue weighted by molar-refractivity contribution is 5.66. The summed E-state index contributed by atoms with van der Waals surface area (Å²) in [5.74, 6) is -0.864. The first kappa shape index (κ1) is 32.6. The van der Waals surface area contributed by atoms with Gasteiger partial charge in [0.2, 0.25) is 0 Å². The number of ether oxygens (including phenoxy) is 9. The lowest BCUT2D eigenvalue weighted by Gasteiger charge is -2.57. The summed E-state index contributed by atoms with van der Waals surface area (Å²) in [4.78, 5) is 24.8. The van der Waals surface area contributed by atoms with E-state index in [1.54, 1.807) is 0 Å². The van der Waals surface area contributed by atoms with Crippen LogP contribution in [0.2, 0.25) is 0 Å². The molecule has 47 heavy (non-hydrogen) atoms. The molecule has 2 aromatic rings. The van der Waals surface area contributed by atoms with Crippen molar-refractivity contribution in [3.63, 3.8) is 0 Å². The quantitative estimate of drug-likeness (QED) is 0.370. The van der Waals surface area contributed by atoms with Crippen molar-refractivity contribution in [1.82, 2.24) is 0 Å². The second kappa shape index (κ2) is 14.7. The molecule has 0 bridgehead atoms. The van der Waals surface area contributed by atoms with E-state index in [0.29, 0.717) is 32.7 Å². The van der Waals surface area contributed by atoms with Crippen LogP contribution in [0.5, 0.6) is 0 Å². The van der Waals surface area contributed by atoms with Gasteiger partial charge in [-0.2, -0.15) is 0 Å². The number of fused-ring (bicyclic) bond motifs is 4. The van der Waals surface area contributed by atoms with E-state index in [4.69, 9.17) is 42.6 Å². The molecule has 0 aromatic heterocycles. The summed E-state index contributed by atoms with van der Waals surface area (Å²) in [5.41, 5.74) is 2.10. The van der Waals surface area contributed by atoms with Crippen molar-refractivity contribution in [3.05, 3.63) is 71.8 Å². The summed E-state index contributed by atoms with van der Waals surface area (Å²) in [7, 11) is 0. The summed E-state index contributed by atoms with van der Waals surface area (Å²) in [6.07, 6.45) is -3.36. The number of carbonyl (C=O) groups excluding carboxylic acids is 2. The minimum absolute atomic E-state index is 0.208. The van der Waals surface area contributed by atoms with Crippen LogP contribution in [-0.2, 0) is 65.4 Å². The van der Waals surface area contributed by atoms with E-state index in [9.17, 15) is 9.59 Å². The van der Waals surface area contributed by atoms with Gasteiger partial charge in [0.15, 0.2) is 12.2 Å². The van der Waals surface area contributed by atoms with Crippen LogP contribution in [0, 0.1) is 0 Å². The first-order chi connectivity index (χ1) is 22.9. The summed E-state index contributed by atoms with van der Waals surface area (Å²) in [6, 6.07) is 19.9. The Bertz CT molecular complexity index is 1340. The molecule has 7 rings (SSSR count). The van der Waals surface area contributed by atoms with Crippen LogP contribution in [-0.4, -0.2) is 98.4 Å². The highest BCUT2D eigenvalue weighted by Crippen LogP contribution is 2.44. The van der Waals surface area contributed by atoms with Gasteiger partial charge in [0.25, 0.3) is 0 Å². The van der Waals surface area contributed by atoms with E-state index in [1.807, 2.05) is 60.7 Å². The molecule has 11 heteroatoms. The Kier molecular flexibility index (Phi) is 10.2. The Morgan fingerprint density at radius 1 is 0.681 bits per heavy atom. The zero-order chi connectivity index (χ0) is 32.3. The highest BCUT2D eigenvalue weighted by atomic mass is 16.7. The van der Waals surface area contributed by atoms with Crippen LogP contribution in [0.25, 0.3) is 0 Å². The number of hydrogen-bond acceptors (Lipinski definition) is 11. The lowest BCUT2D eigenvalue weighted by Crippen LogP contribution is -2.72. The van der Waals surface area contributed by atoms with Gasteiger partial charge in [0, 0.05) is 33.3 Å². The van der Waals surface area contributed by atoms with Gasteiger partial charge in [0.05, 0.1) is 50.3 Å². The van der Waals surface area contributed by atoms with Gasteiger partial charge in [-0.1, -0.05) is 60.7 Å². The Morgan fingerprint density at radius 3 is 1.91 bits per heavy atom. The predicted octanol–water partition coefficient (Wildman–Crippen LogP) is 3.68. The van der Waals surface area contributed by atoms with E-state index < -0.39 is 66.9 Å². The topological polar surface area (TPSA) is 117 Å². The minimum atomic E-state index is -0.771. The molecule has 0 unspecified atom stereocenters. The standard InChI is InChI=1S/C36H44O11/c1-21(37)42-35-31-25(14-9-15-40-31)44-28-17-29-34(47-33(28)35)36(43-22(2)38)32-27(45-29)16-26(41-19-24-12-7-4-8-13-24)30(46-32)20-39-18-23-10-5-3-6-11-23/h3-8,10-13,25-36H,9,14-20H2,1-2H3/t25-,26-,27+,28+,29-,30+,31-,32+,33+,34-,35+,36-/m0/s1. The van der Waals surface area contributed by atoms with Crippen molar-refractivity contribution in [1.29, 1.82) is 0 Å². The van der Waals surface area contributed by atoms with Gasteiger partial charge in [-0.25, -0.2) is 0 Å². The summed E-state index contributed by atoms with van der Waals surface area (Å²) >= 11 is 0. The molecular formula is C36H44O11. The first-order valence-corrected chi connectivity index (χ1v) is 16.8. The van der Waals surface area contributed by atoms with Crippen molar-refractivity contribution < 1.29 is 52.2 Å². The molecule has 0 aliphatic carbocycles. The average molecular weight is 653 g/mol. The van der Waals surface area contributed by atoms with Gasteiger partial charge in [0.1, 0.15) is 30.5 Å². The number of carbonyl (C=O) groups is 2. The first-order valence-electron chi connectivity index (χ1n) is 16.8. The molecule has 12 atom stereocenters. The Morgan fingerprint density at radius 2 is 1.26 bits per heavy atom. The van der Waals surface area contributed by atoms with Crippen molar-refractivity contribution >= 4 is 11.9 Å². The maximum absolute atomic E-state index is 12.5. The third kappa shape index (κ3) is 7.41. The van der Waals surface area contributed by atoms with Crippen molar-refractivity contribution in [3.8, 4) is 0 Å². The van der Waals surface area contributed by atoms with Crippen LogP contribution in [0.15, 0.2) is 60.7 Å². The Balaban J connectivity index is 1.12. The van der Waals surface area contributed by atoms with Crippen LogP contribution < -0.4 is 0 Å². The molecule has 0 amide bonds. The maximum Gasteiger partial charge on any atom is 0.303 e. The fourth-order valence-electron chi connectivity index (χ4n) is 7.68. The molecular weight excluding hydrogens is 608 g/mol. The molecule has 0 N–H and O–H groups in total. The van der Waals surface area contributed by atoms with Crippen LogP contribution in [0.4, 0.5) is 0 Å². The Hall–Kier alpha value is -2.90. The van der Waals surface area contributed by atoms with Crippen molar-refractivity contribution in [2.75, 3.05) is 13.2 Å². The van der Waals surface area contributed by atoms with Crippen molar-refractivity contribution in [2.24, 2.45) is 0 Å². The number of esters is 2. The SMILES string of the molecule is CC(=O)O[C@@H]1[C@H]2OCCC[C@@H]2O[C@@H]2C[C@@H]3O[C@@H]4C[C@H](OCc5ccccc5)[C@@H](COCc5ccccc5)O[C@H]4[C@H](OC(C)=O)[C@H]3O[C@@H]12. The molecule has 5 aliphatic rings. The molecule has 254 valence electrons. The fourth-order valence-corrected chi connectivity index (χ4v) is 7.68. The van der Waals surface area contributed by atoms with E-state index in [2.05, 4.69) is 0 Å². The number of hydrogen-bond donors (Lipinski definition) is 0. The van der Waals surface area contributed by atoms with Crippen LogP contribution in [0.1, 0.15) is 50.7 Å².